The summed E-state index contributed by atoms with van der Waals surface area (Å²) in [5, 5.41) is 2.89. The van der Waals surface area contributed by atoms with Gasteiger partial charge in [-0.25, -0.2) is 17.2 Å². The monoisotopic (exact) mass is 509 g/mol. The van der Waals surface area contributed by atoms with Crippen LogP contribution < -0.4 is 9.62 Å². The number of carbonyl (C=O) groups excluding carboxylic acids is 2. The molecule has 0 heterocycles. The Hall–Kier alpha value is -3.01. The fraction of sp³-hybridized carbons (Fsp3) is 0.440. The second-order valence-electron chi connectivity index (χ2n) is 8.54. The molecule has 0 aliphatic heterocycles. The van der Waals surface area contributed by atoms with E-state index in [9.17, 15) is 26.8 Å². The summed E-state index contributed by atoms with van der Waals surface area (Å²) in [7, 11) is -3.81. The largest absolute Gasteiger partial charge is 0.352 e. The van der Waals surface area contributed by atoms with Crippen LogP contribution >= 0.6 is 0 Å². The highest BCUT2D eigenvalue weighted by Crippen LogP contribution is 2.21. The molecule has 0 aliphatic rings. The minimum Gasteiger partial charge on any atom is -0.352 e. The third-order valence-electron chi connectivity index (χ3n) is 5.71. The van der Waals surface area contributed by atoms with E-state index in [4.69, 9.17) is 0 Å². The highest BCUT2D eigenvalue weighted by molar-refractivity contribution is 7.92. The Morgan fingerprint density at radius 3 is 2.26 bits per heavy atom. The molecule has 0 bridgehead atoms. The Kier molecular flexibility index (Phi) is 10.2. The van der Waals surface area contributed by atoms with Crippen molar-refractivity contribution in [2.75, 3.05) is 17.1 Å². The molecule has 2 amide bonds. The molecule has 7 nitrogen and oxygen atoms in total. The van der Waals surface area contributed by atoms with Gasteiger partial charge in [0.15, 0.2) is 11.6 Å². The Morgan fingerprint density at radius 2 is 1.69 bits per heavy atom. The van der Waals surface area contributed by atoms with Crippen LogP contribution in [0, 0.1) is 11.6 Å². The maximum Gasteiger partial charge on any atom is 0.242 e. The third-order valence-corrected chi connectivity index (χ3v) is 6.90. The second-order valence-corrected chi connectivity index (χ2v) is 10.4. The molecule has 0 unspecified atom stereocenters. The fourth-order valence-corrected chi connectivity index (χ4v) is 4.43. The van der Waals surface area contributed by atoms with Crippen LogP contribution in [0.25, 0.3) is 0 Å². The lowest BCUT2D eigenvalue weighted by molar-refractivity contribution is -0.140. The molecule has 0 saturated heterocycles. The van der Waals surface area contributed by atoms with Crippen molar-refractivity contribution in [2.45, 2.75) is 58.7 Å². The van der Waals surface area contributed by atoms with Gasteiger partial charge in [0.1, 0.15) is 6.04 Å². The number of amides is 2. The number of hydrogen-bond donors (Lipinski definition) is 1. The first-order valence-corrected chi connectivity index (χ1v) is 13.3. The van der Waals surface area contributed by atoms with E-state index in [1.165, 1.54) is 11.0 Å². The number of nitrogens with zero attached hydrogens (tertiary/aromatic N) is 2. The smallest absolute Gasteiger partial charge is 0.242 e. The molecule has 10 heteroatoms. The molecule has 0 aliphatic carbocycles. The van der Waals surface area contributed by atoms with E-state index in [2.05, 4.69) is 5.32 Å². The topological polar surface area (TPSA) is 86.8 Å². The average Bonchev–Trinajstić information content (AvgIpc) is 2.81. The molecule has 192 valence electrons. The first-order valence-electron chi connectivity index (χ1n) is 11.5. The van der Waals surface area contributed by atoms with Gasteiger partial charge in [0, 0.05) is 31.6 Å². The van der Waals surface area contributed by atoms with Crippen molar-refractivity contribution in [1.29, 1.82) is 0 Å². The summed E-state index contributed by atoms with van der Waals surface area (Å²) < 4.78 is 52.4. The maximum absolute atomic E-state index is 13.7. The summed E-state index contributed by atoms with van der Waals surface area (Å²) in [6, 6.07) is 11.3. The number of sulfonamides is 1. The van der Waals surface area contributed by atoms with Gasteiger partial charge in [0.05, 0.1) is 11.9 Å². The molecule has 2 rings (SSSR count). The van der Waals surface area contributed by atoms with Gasteiger partial charge in [-0.3, -0.25) is 13.9 Å². The van der Waals surface area contributed by atoms with E-state index in [1.54, 1.807) is 6.92 Å². The number of halogens is 2. The Labute approximate surface area is 206 Å². The lowest BCUT2D eigenvalue weighted by atomic mass is 10.1. The lowest BCUT2D eigenvalue weighted by Gasteiger charge is -2.30. The van der Waals surface area contributed by atoms with Crippen LogP contribution in [0.4, 0.5) is 14.5 Å². The first-order chi connectivity index (χ1) is 16.4. The predicted molar refractivity (Wildman–Crippen MR) is 132 cm³/mol. The van der Waals surface area contributed by atoms with Crippen LogP contribution in [0.2, 0.25) is 0 Å². The summed E-state index contributed by atoms with van der Waals surface area (Å²) in [6.45, 7) is 5.59. The van der Waals surface area contributed by atoms with Gasteiger partial charge < -0.3 is 10.2 Å². The van der Waals surface area contributed by atoms with Crippen molar-refractivity contribution in [3.8, 4) is 0 Å². The summed E-state index contributed by atoms with van der Waals surface area (Å²) in [5.74, 6) is -2.84. The van der Waals surface area contributed by atoms with Crippen molar-refractivity contribution < 1.29 is 26.8 Å². The number of hydrogen-bond acceptors (Lipinski definition) is 4. The van der Waals surface area contributed by atoms with E-state index >= 15 is 0 Å². The van der Waals surface area contributed by atoms with Gasteiger partial charge in [-0.05, 0) is 44.4 Å². The minimum atomic E-state index is -3.81. The molecule has 0 aromatic heterocycles. The minimum absolute atomic E-state index is 0.0266. The van der Waals surface area contributed by atoms with Crippen molar-refractivity contribution in [2.24, 2.45) is 0 Å². The van der Waals surface area contributed by atoms with Gasteiger partial charge in [0.2, 0.25) is 21.8 Å². The van der Waals surface area contributed by atoms with E-state index in [0.717, 1.165) is 34.7 Å². The summed E-state index contributed by atoms with van der Waals surface area (Å²) in [6.07, 6.45) is 1.79. The Morgan fingerprint density at radius 1 is 1.03 bits per heavy atom. The highest BCUT2D eigenvalue weighted by atomic mass is 32.2. The third kappa shape index (κ3) is 8.31. The number of nitrogens with one attached hydrogen (secondary N) is 1. The van der Waals surface area contributed by atoms with Crippen molar-refractivity contribution >= 4 is 27.5 Å². The zero-order valence-electron chi connectivity index (χ0n) is 20.5. The van der Waals surface area contributed by atoms with Crippen LogP contribution in [0.3, 0.4) is 0 Å². The molecule has 2 atom stereocenters. The van der Waals surface area contributed by atoms with Crippen LogP contribution in [0.15, 0.2) is 48.5 Å². The molecule has 0 saturated carbocycles. The zero-order chi connectivity index (χ0) is 26.2. The SMILES string of the molecule is CC[C@H](C)NC(=O)[C@H](C)N(Cc1ccccc1)C(=O)CCCN(c1ccc(F)c(F)c1)S(C)(=O)=O. The normalized spacial score (nSPS) is 13.1. The number of benzene rings is 2. The van der Waals surface area contributed by atoms with Gasteiger partial charge in [-0.2, -0.15) is 0 Å². The maximum atomic E-state index is 13.7. The molecular weight excluding hydrogens is 476 g/mol. The fourth-order valence-electron chi connectivity index (χ4n) is 3.47. The van der Waals surface area contributed by atoms with Crippen LogP contribution in [0.1, 0.15) is 45.6 Å². The molecule has 2 aromatic rings. The summed E-state index contributed by atoms with van der Waals surface area (Å²) >= 11 is 0. The highest BCUT2D eigenvalue weighted by Gasteiger charge is 2.27. The number of rotatable bonds is 12. The number of carbonyl (C=O) groups is 2. The first kappa shape index (κ1) is 28.2. The van der Waals surface area contributed by atoms with Crippen LogP contribution in [-0.4, -0.2) is 50.0 Å². The Balaban J connectivity index is 2.16. The standard InChI is InChI=1S/C25H33F2N3O4S/c1-5-18(2)28-25(32)19(3)29(17-20-10-7-6-8-11-20)24(31)12-9-15-30(35(4,33)34)21-13-14-22(26)23(27)16-21/h6-8,10-11,13-14,16,18-19H,5,9,12,15,17H2,1-4H3,(H,28,32)/t18-,19-/m0/s1. The van der Waals surface area contributed by atoms with E-state index in [-0.39, 0.29) is 49.5 Å². The average molecular weight is 510 g/mol. The quantitative estimate of drug-likeness (QED) is 0.471. The molecule has 35 heavy (non-hydrogen) atoms. The van der Waals surface area contributed by atoms with E-state index < -0.39 is 27.7 Å². The van der Waals surface area contributed by atoms with Crippen molar-refractivity contribution in [1.82, 2.24) is 10.2 Å². The van der Waals surface area contributed by atoms with Crippen molar-refractivity contribution in [3.05, 3.63) is 65.7 Å². The van der Waals surface area contributed by atoms with Crippen LogP contribution in [0.5, 0.6) is 0 Å². The lowest BCUT2D eigenvalue weighted by Crippen LogP contribution is -2.49. The molecule has 2 aromatic carbocycles. The van der Waals surface area contributed by atoms with Gasteiger partial charge in [-0.1, -0.05) is 37.3 Å². The van der Waals surface area contributed by atoms with E-state index in [0.29, 0.717) is 0 Å². The van der Waals surface area contributed by atoms with Gasteiger partial charge in [-0.15, -0.1) is 0 Å². The zero-order valence-corrected chi connectivity index (χ0v) is 21.3. The van der Waals surface area contributed by atoms with Gasteiger partial charge >= 0.3 is 0 Å². The molecule has 0 fully saturated rings. The second kappa shape index (κ2) is 12.6. The number of anilines is 1. The Bertz CT molecular complexity index is 1110. The molecule has 0 spiro atoms. The molecule has 0 radical (unpaired) electrons. The predicted octanol–water partition coefficient (Wildman–Crippen LogP) is 3.84. The summed E-state index contributed by atoms with van der Waals surface area (Å²) in [5.41, 5.74) is 0.824. The van der Waals surface area contributed by atoms with E-state index in [1.807, 2.05) is 44.2 Å². The summed E-state index contributed by atoms with van der Waals surface area (Å²) in [4.78, 5) is 27.4. The van der Waals surface area contributed by atoms with Crippen LogP contribution in [-0.2, 0) is 26.2 Å². The molecule has 1 N–H and O–H groups in total. The van der Waals surface area contributed by atoms with Crippen molar-refractivity contribution in [3.63, 3.8) is 0 Å². The molecular formula is C25H33F2N3O4S. The van der Waals surface area contributed by atoms with Gasteiger partial charge in [0.25, 0.3) is 0 Å².